The molecule has 30 heavy (non-hydrogen) atoms. The molecule has 3 rings (SSSR count). The molecule has 0 saturated carbocycles. The highest BCUT2D eigenvalue weighted by atomic mass is 19.1. The minimum atomic E-state index is -1.14. The molecule has 0 radical (unpaired) electrons. The van der Waals surface area contributed by atoms with Gasteiger partial charge in [-0.3, -0.25) is 9.59 Å². The van der Waals surface area contributed by atoms with Gasteiger partial charge in [-0.1, -0.05) is 30.3 Å². The number of hydrogen-bond acceptors (Lipinski definition) is 2. The third-order valence-corrected chi connectivity index (χ3v) is 4.02. The maximum Gasteiger partial charge on any atom is 0.261 e. The monoisotopic (exact) mass is 414 g/mol. The lowest BCUT2D eigenvalue weighted by atomic mass is 10.1. The van der Waals surface area contributed by atoms with Crippen LogP contribution in [0.3, 0.4) is 0 Å². The van der Waals surface area contributed by atoms with Gasteiger partial charge < -0.3 is 10.6 Å². The Balaban J connectivity index is 2.01. The molecule has 3 aromatic carbocycles. The minimum absolute atomic E-state index is 0.249. The fraction of sp³-hybridized carbons (Fsp3) is 0. The van der Waals surface area contributed by atoms with Gasteiger partial charge in [-0.05, 0) is 42.5 Å². The van der Waals surface area contributed by atoms with E-state index in [1.165, 1.54) is 36.4 Å². The van der Waals surface area contributed by atoms with Gasteiger partial charge in [0, 0.05) is 5.56 Å². The highest BCUT2D eigenvalue weighted by molar-refractivity contribution is 6.28. The molecule has 2 N–H and O–H groups in total. The Hall–Kier alpha value is -3.94. The van der Waals surface area contributed by atoms with Crippen molar-refractivity contribution in [3.05, 3.63) is 101 Å². The Morgan fingerprint density at radius 3 is 1.43 bits per heavy atom. The van der Waals surface area contributed by atoms with E-state index in [2.05, 4.69) is 10.6 Å². The summed E-state index contributed by atoms with van der Waals surface area (Å²) in [6.07, 6.45) is 0.678. The number of amides is 2. The molecule has 0 aromatic heterocycles. The molecule has 0 atom stereocenters. The van der Waals surface area contributed by atoms with Gasteiger partial charge >= 0.3 is 0 Å². The standard InChI is InChI=1S/C22H14F4N2O2/c23-15-8-5-9-16(24)13(15)12-14(21(29)27-19-10-3-1-6-17(19)25)22(30)28-20-11-4-2-7-18(20)26/h1-12H,(H,27,29)(H,28,30). The molecule has 0 bridgehead atoms. The summed E-state index contributed by atoms with van der Waals surface area (Å²) in [5.41, 5.74) is -1.91. The predicted octanol–water partition coefficient (Wildman–Crippen LogP) is 4.90. The van der Waals surface area contributed by atoms with Crippen LogP contribution in [0.1, 0.15) is 5.56 Å². The van der Waals surface area contributed by atoms with E-state index in [1.54, 1.807) is 0 Å². The summed E-state index contributed by atoms with van der Waals surface area (Å²) in [6, 6.07) is 13.3. The molecule has 4 nitrogen and oxygen atoms in total. The molecule has 152 valence electrons. The normalized spacial score (nSPS) is 10.3. The summed E-state index contributed by atoms with van der Waals surface area (Å²) in [6.45, 7) is 0. The lowest BCUT2D eigenvalue weighted by Crippen LogP contribution is -2.26. The van der Waals surface area contributed by atoms with Crippen molar-refractivity contribution in [2.24, 2.45) is 0 Å². The number of benzene rings is 3. The van der Waals surface area contributed by atoms with Crippen molar-refractivity contribution >= 4 is 29.3 Å². The first-order chi connectivity index (χ1) is 14.4. The number of hydrogen-bond donors (Lipinski definition) is 2. The summed E-state index contributed by atoms with van der Waals surface area (Å²) in [5.74, 6) is -5.89. The van der Waals surface area contributed by atoms with Crippen molar-refractivity contribution in [3.8, 4) is 0 Å². The Morgan fingerprint density at radius 2 is 1.00 bits per heavy atom. The van der Waals surface area contributed by atoms with Crippen LogP contribution in [0.2, 0.25) is 0 Å². The second kappa shape index (κ2) is 9.04. The van der Waals surface area contributed by atoms with E-state index in [9.17, 15) is 27.2 Å². The van der Waals surface area contributed by atoms with Crippen LogP contribution >= 0.6 is 0 Å². The molecule has 0 heterocycles. The molecule has 8 heteroatoms. The first kappa shape index (κ1) is 20.8. The van der Waals surface area contributed by atoms with Crippen molar-refractivity contribution in [1.29, 1.82) is 0 Å². The fourth-order valence-electron chi connectivity index (χ4n) is 2.53. The molecule has 0 unspecified atom stereocenters. The second-order valence-corrected chi connectivity index (χ2v) is 6.06. The van der Waals surface area contributed by atoms with Crippen LogP contribution in [-0.2, 0) is 9.59 Å². The van der Waals surface area contributed by atoms with Crippen molar-refractivity contribution in [2.45, 2.75) is 0 Å². The summed E-state index contributed by atoms with van der Waals surface area (Å²) in [5, 5.41) is 4.34. The third-order valence-electron chi connectivity index (χ3n) is 4.02. The third kappa shape index (κ3) is 4.72. The lowest BCUT2D eigenvalue weighted by Gasteiger charge is -2.12. The average Bonchev–Trinajstić information content (AvgIpc) is 2.71. The van der Waals surface area contributed by atoms with E-state index in [-0.39, 0.29) is 11.4 Å². The molecule has 2 amide bonds. The SMILES string of the molecule is O=C(Nc1ccccc1F)C(=Cc1c(F)cccc1F)C(=O)Nc1ccccc1F. The minimum Gasteiger partial charge on any atom is -0.319 e. The summed E-state index contributed by atoms with van der Waals surface area (Å²) >= 11 is 0. The quantitative estimate of drug-likeness (QED) is 0.270. The number of rotatable bonds is 5. The first-order valence-electron chi connectivity index (χ1n) is 8.64. The summed E-state index contributed by atoms with van der Waals surface area (Å²) in [4.78, 5) is 25.3. The van der Waals surface area contributed by atoms with Crippen LogP contribution in [0.25, 0.3) is 6.08 Å². The van der Waals surface area contributed by atoms with Gasteiger partial charge in [0.15, 0.2) is 0 Å². The molecule has 0 aliphatic rings. The number of anilines is 2. The van der Waals surface area contributed by atoms with Crippen molar-refractivity contribution in [1.82, 2.24) is 0 Å². The topological polar surface area (TPSA) is 58.2 Å². The van der Waals surface area contributed by atoms with E-state index in [0.29, 0.717) is 6.08 Å². The van der Waals surface area contributed by atoms with Gasteiger partial charge in [0.05, 0.1) is 11.4 Å². The molecule has 0 spiro atoms. The smallest absolute Gasteiger partial charge is 0.261 e. The van der Waals surface area contributed by atoms with Crippen molar-refractivity contribution in [2.75, 3.05) is 10.6 Å². The molecular weight excluding hydrogens is 400 g/mol. The maximum atomic E-state index is 14.1. The van der Waals surface area contributed by atoms with Crippen LogP contribution in [0.15, 0.2) is 72.3 Å². The van der Waals surface area contributed by atoms with E-state index in [4.69, 9.17) is 0 Å². The zero-order valence-electron chi connectivity index (χ0n) is 15.3. The molecular formula is C22H14F4N2O2. The number of nitrogens with one attached hydrogen (secondary N) is 2. The molecule has 3 aromatic rings. The van der Waals surface area contributed by atoms with Crippen LogP contribution in [-0.4, -0.2) is 11.8 Å². The van der Waals surface area contributed by atoms with E-state index in [1.807, 2.05) is 0 Å². The number of halogens is 4. The first-order valence-corrected chi connectivity index (χ1v) is 8.64. The maximum absolute atomic E-state index is 14.1. The Kier molecular flexibility index (Phi) is 6.26. The average molecular weight is 414 g/mol. The Morgan fingerprint density at radius 1 is 0.600 bits per heavy atom. The number of carbonyl (C=O) groups is 2. The Bertz CT molecular complexity index is 1060. The van der Waals surface area contributed by atoms with Gasteiger partial charge in [-0.2, -0.15) is 0 Å². The fourth-order valence-corrected chi connectivity index (χ4v) is 2.53. The van der Waals surface area contributed by atoms with E-state index < -0.39 is 46.2 Å². The highest BCUT2D eigenvalue weighted by Gasteiger charge is 2.22. The Labute approximate surface area is 168 Å². The largest absolute Gasteiger partial charge is 0.319 e. The molecule has 0 aliphatic carbocycles. The molecule has 0 aliphatic heterocycles. The van der Waals surface area contributed by atoms with E-state index in [0.717, 1.165) is 30.3 Å². The van der Waals surface area contributed by atoms with Crippen LogP contribution in [0, 0.1) is 23.3 Å². The van der Waals surface area contributed by atoms with Gasteiger partial charge in [0.25, 0.3) is 11.8 Å². The van der Waals surface area contributed by atoms with Gasteiger partial charge in [0.2, 0.25) is 0 Å². The van der Waals surface area contributed by atoms with Crippen LogP contribution in [0.4, 0.5) is 28.9 Å². The summed E-state index contributed by atoms with van der Waals surface area (Å²) in [7, 11) is 0. The van der Waals surface area contributed by atoms with Crippen molar-refractivity contribution < 1.29 is 27.2 Å². The van der Waals surface area contributed by atoms with Gasteiger partial charge in [0.1, 0.15) is 28.8 Å². The zero-order valence-corrected chi connectivity index (χ0v) is 15.3. The van der Waals surface area contributed by atoms with E-state index >= 15 is 0 Å². The number of carbonyl (C=O) groups excluding carboxylic acids is 2. The van der Waals surface area contributed by atoms with Crippen LogP contribution in [0.5, 0.6) is 0 Å². The summed E-state index contributed by atoms with van der Waals surface area (Å²) < 4.78 is 55.8. The predicted molar refractivity (Wildman–Crippen MR) is 104 cm³/mol. The molecule has 0 saturated heterocycles. The van der Waals surface area contributed by atoms with Gasteiger partial charge in [-0.25, -0.2) is 17.6 Å². The lowest BCUT2D eigenvalue weighted by molar-refractivity contribution is -0.118. The van der Waals surface area contributed by atoms with Crippen LogP contribution < -0.4 is 10.6 Å². The second-order valence-electron chi connectivity index (χ2n) is 6.06. The highest BCUT2D eigenvalue weighted by Crippen LogP contribution is 2.20. The van der Waals surface area contributed by atoms with Crippen molar-refractivity contribution in [3.63, 3.8) is 0 Å². The van der Waals surface area contributed by atoms with Gasteiger partial charge in [-0.15, -0.1) is 0 Å². The zero-order chi connectivity index (χ0) is 21.7. The molecule has 0 fully saturated rings. The number of para-hydroxylation sites is 2.